The van der Waals surface area contributed by atoms with Crippen LogP contribution in [-0.4, -0.2) is 26.0 Å². The molecule has 3 rings (SSSR count). The minimum Gasteiger partial charge on any atom is -0.455 e. The number of hydrazone groups is 1. The minimum absolute atomic E-state index is 0.0276. The van der Waals surface area contributed by atoms with Crippen molar-refractivity contribution in [3.63, 3.8) is 0 Å². The molecule has 0 saturated heterocycles. The highest BCUT2D eigenvalue weighted by Gasteiger charge is 2.16. The predicted molar refractivity (Wildman–Crippen MR) is 86.9 cm³/mol. The lowest BCUT2D eigenvalue weighted by atomic mass is 10.1. The van der Waals surface area contributed by atoms with Crippen molar-refractivity contribution < 1.29 is 9.34 Å². The van der Waals surface area contributed by atoms with Crippen molar-refractivity contribution in [2.24, 2.45) is 5.10 Å². The topological polar surface area (TPSA) is 137 Å². The first kappa shape index (κ1) is 15.2. The summed E-state index contributed by atoms with van der Waals surface area (Å²) in [5.74, 6) is 7.27. The molecule has 0 bridgehead atoms. The monoisotopic (exact) mass is 327 g/mol. The highest BCUT2D eigenvalue weighted by atomic mass is 16.6. The van der Waals surface area contributed by atoms with Gasteiger partial charge in [0.15, 0.2) is 5.82 Å². The van der Waals surface area contributed by atoms with Gasteiger partial charge in [-0.3, -0.25) is 10.1 Å². The average Bonchev–Trinajstić information content (AvgIpc) is 3.17. The standard InChI is InChI=1S/C14H13N7O3/c1-9-17-19-14(20(9)15)18-16-8-10-6-7-13(24-10)11-4-2-3-5-12(11)21(22)23/h2-8H,15H2,1H3,(H,18,19). The molecule has 0 fully saturated rings. The second-order valence-electron chi connectivity index (χ2n) is 4.79. The number of aryl methyl sites for hydroxylation is 1. The van der Waals surface area contributed by atoms with E-state index >= 15 is 0 Å². The normalized spacial score (nSPS) is 11.0. The zero-order chi connectivity index (χ0) is 17.1. The van der Waals surface area contributed by atoms with Gasteiger partial charge in [-0.15, -0.1) is 10.2 Å². The Hall–Kier alpha value is -3.69. The number of anilines is 1. The summed E-state index contributed by atoms with van der Waals surface area (Å²) in [6.07, 6.45) is 1.41. The molecule has 0 aliphatic heterocycles. The van der Waals surface area contributed by atoms with E-state index in [-0.39, 0.29) is 11.6 Å². The Balaban J connectivity index is 1.78. The minimum atomic E-state index is -0.455. The third kappa shape index (κ3) is 2.92. The number of nitrogens with zero attached hydrogens (tertiary/aromatic N) is 5. The third-order valence-corrected chi connectivity index (χ3v) is 3.22. The van der Waals surface area contributed by atoms with Crippen molar-refractivity contribution in [3.8, 4) is 11.3 Å². The van der Waals surface area contributed by atoms with Gasteiger partial charge < -0.3 is 10.3 Å². The molecule has 2 aromatic heterocycles. The molecule has 0 spiro atoms. The van der Waals surface area contributed by atoms with Gasteiger partial charge in [0.05, 0.1) is 16.7 Å². The van der Waals surface area contributed by atoms with E-state index < -0.39 is 4.92 Å². The van der Waals surface area contributed by atoms with Crippen LogP contribution < -0.4 is 11.3 Å². The van der Waals surface area contributed by atoms with Crippen LogP contribution in [0.4, 0.5) is 11.6 Å². The molecule has 2 heterocycles. The van der Waals surface area contributed by atoms with E-state index in [2.05, 4.69) is 20.7 Å². The molecule has 122 valence electrons. The molecular formula is C14H13N7O3. The maximum atomic E-state index is 11.1. The summed E-state index contributed by atoms with van der Waals surface area (Å²) >= 11 is 0. The number of nitrogen functional groups attached to an aromatic ring is 1. The van der Waals surface area contributed by atoms with Gasteiger partial charge in [0.25, 0.3) is 11.6 Å². The fraction of sp³-hybridized carbons (Fsp3) is 0.0714. The van der Waals surface area contributed by atoms with Gasteiger partial charge in [-0.05, 0) is 25.1 Å². The van der Waals surface area contributed by atoms with E-state index in [1.54, 1.807) is 37.3 Å². The van der Waals surface area contributed by atoms with Gasteiger partial charge in [-0.1, -0.05) is 12.1 Å². The lowest BCUT2D eigenvalue weighted by molar-refractivity contribution is -0.384. The summed E-state index contributed by atoms with van der Waals surface area (Å²) in [7, 11) is 0. The van der Waals surface area contributed by atoms with E-state index in [1.165, 1.54) is 17.0 Å². The molecule has 0 atom stereocenters. The number of hydrogen-bond donors (Lipinski definition) is 2. The molecule has 1 aromatic carbocycles. The predicted octanol–water partition coefficient (Wildman–Crippen LogP) is 1.91. The largest absolute Gasteiger partial charge is 0.455 e. The Morgan fingerprint density at radius 3 is 2.83 bits per heavy atom. The van der Waals surface area contributed by atoms with Crippen molar-refractivity contribution in [1.29, 1.82) is 0 Å². The SMILES string of the molecule is Cc1nnc(NN=Cc2ccc(-c3ccccc3[N+](=O)[O-])o2)n1N. The molecule has 24 heavy (non-hydrogen) atoms. The maximum Gasteiger partial charge on any atom is 0.280 e. The second-order valence-corrected chi connectivity index (χ2v) is 4.79. The fourth-order valence-corrected chi connectivity index (χ4v) is 2.01. The summed E-state index contributed by atoms with van der Waals surface area (Å²) < 4.78 is 6.81. The summed E-state index contributed by atoms with van der Waals surface area (Å²) in [6.45, 7) is 1.70. The van der Waals surface area contributed by atoms with Gasteiger partial charge in [-0.25, -0.2) is 10.1 Å². The molecule has 0 unspecified atom stereocenters. The Morgan fingerprint density at radius 1 is 1.33 bits per heavy atom. The number of nitrogens with two attached hydrogens (primary N) is 1. The number of nitro benzene ring substituents is 1. The van der Waals surface area contributed by atoms with Crippen molar-refractivity contribution in [1.82, 2.24) is 14.9 Å². The first-order valence-electron chi connectivity index (χ1n) is 6.86. The van der Waals surface area contributed by atoms with Gasteiger partial charge in [0, 0.05) is 6.07 Å². The summed E-state index contributed by atoms with van der Waals surface area (Å²) in [5, 5.41) is 22.6. The number of para-hydroxylation sites is 1. The van der Waals surface area contributed by atoms with Gasteiger partial charge in [0.1, 0.15) is 11.5 Å². The van der Waals surface area contributed by atoms with Gasteiger partial charge in [-0.2, -0.15) is 5.10 Å². The highest BCUT2D eigenvalue weighted by Crippen LogP contribution is 2.30. The number of furan rings is 1. The molecular weight excluding hydrogens is 314 g/mol. The number of nitrogens with one attached hydrogen (secondary N) is 1. The van der Waals surface area contributed by atoms with Gasteiger partial charge in [0.2, 0.25) is 0 Å². The average molecular weight is 327 g/mol. The van der Waals surface area contributed by atoms with Gasteiger partial charge >= 0.3 is 0 Å². The van der Waals surface area contributed by atoms with E-state index in [1.807, 2.05) is 0 Å². The summed E-state index contributed by atoms with van der Waals surface area (Å²) in [4.78, 5) is 10.6. The van der Waals surface area contributed by atoms with Crippen LogP contribution >= 0.6 is 0 Å². The van der Waals surface area contributed by atoms with Crippen LogP contribution in [0.2, 0.25) is 0 Å². The quantitative estimate of drug-likeness (QED) is 0.316. The Labute approximate surface area is 135 Å². The molecule has 0 aliphatic carbocycles. The van der Waals surface area contributed by atoms with Crippen LogP contribution in [0, 0.1) is 17.0 Å². The summed E-state index contributed by atoms with van der Waals surface area (Å²) in [6, 6.07) is 9.63. The molecule has 0 saturated carbocycles. The first-order valence-corrected chi connectivity index (χ1v) is 6.86. The second kappa shape index (κ2) is 6.20. The van der Waals surface area contributed by atoms with E-state index in [9.17, 15) is 10.1 Å². The molecule has 10 nitrogen and oxygen atoms in total. The van der Waals surface area contributed by atoms with E-state index in [0.717, 1.165) is 0 Å². The smallest absolute Gasteiger partial charge is 0.280 e. The highest BCUT2D eigenvalue weighted by molar-refractivity contribution is 5.79. The molecule has 0 aliphatic rings. The van der Waals surface area contributed by atoms with Crippen LogP contribution in [-0.2, 0) is 0 Å². The maximum absolute atomic E-state index is 11.1. The zero-order valence-electron chi connectivity index (χ0n) is 12.6. The first-order chi connectivity index (χ1) is 11.6. The Kier molecular flexibility index (Phi) is 3.93. The lowest BCUT2D eigenvalue weighted by Crippen LogP contribution is -2.13. The number of benzene rings is 1. The number of aromatic nitrogens is 3. The number of nitro groups is 1. The molecule has 3 N–H and O–H groups in total. The van der Waals surface area contributed by atoms with Crippen LogP contribution in [0.25, 0.3) is 11.3 Å². The van der Waals surface area contributed by atoms with Crippen molar-refractivity contribution in [3.05, 3.63) is 58.1 Å². The molecule has 0 amide bonds. The third-order valence-electron chi connectivity index (χ3n) is 3.22. The van der Waals surface area contributed by atoms with Crippen molar-refractivity contribution in [2.75, 3.05) is 11.3 Å². The summed E-state index contributed by atoms with van der Waals surface area (Å²) in [5.41, 5.74) is 2.99. The Bertz CT molecular complexity index is 913. The van der Waals surface area contributed by atoms with Crippen LogP contribution in [0.15, 0.2) is 45.9 Å². The molecule has 10 heteroatoms. The molecule has 3 aromatic rings. The van der Waals surface area contributed by atoms with Crippen LogP contribution in [0.5, 0.6) is 0 Å². The van der Waals surface area contributed by atoms with Crippen molar-refractivity contribution in [2.45, 2.75) is 6.92 Å². The molecule has 0 radical (unpaired) electrons. The number of rotatable bonds is 5. The number of hydrogen-bond acceptors (Lipinski definition) is 8. The van der Waals surface area contributed by atoms with Crippen LogP contribution in [0.1, 0.15) is 11.6 Å². The van der Waals surface area contributed by atoms with Crippen molar-refractivity contribution >= 4 is 17.9 Å². The Morgan fingerprint density at radius 2 is 2.12 bits per heavy atom. The van der Waals surface area contributed by atoms with E-state index in [4.69, 9.17) is 10.3 Å². The van der Waals surface area contributed by atoms with Crippen LogP contribution in [0.3, 0.4) is 0 Å². The van der Waals surface area contributed by atoms with E-state index in [0.29, 0.717) is 22.9 Å². The lowest BCUT2D eigenvalue weighted by Gasteiger charge is -1.99. The fourth-order valence-electron chi connectivity index (χ4n) is 2.01. The zero-order valence-corrected chi connectivity index (χ0v) is 12.6.